The van der Waals surface area contributed by atoms with Crippen LogP contribution in [-0.4, -0.2) is 23.2 Å². The van der Waals surface area contributed by atoms with Gasteiger partial charge in [-0.05, 0) is 30.5 Å². The first-order valence-electron chi connectivity index (χ1n) is 8.19. The molecule has 0 amide bonds. The molecule has 126 valence electrons. The van der Waals surface area contributed by atoms with Crippen molar-refractivity contribution in [2.75, 3.05) is 13.2 Å². The Bertz CT molecular complexity index is 756. The SMILES string of the molecule is CCOCCc1cccc2[nH]c(COOCc3ccccc3)nc12. The molecule has 0 aliphatic rings. The van der Waals surface area contributed by atoms with Crippen LogP contribution in [0.1, 0.15) is 23.9 Å². The van der Waals surface area contributed by atoms with Gasteiger partial charge in [-0.25, -0.2) is 14.8 Å². The lowest BCUT2D eigenvalue weighted by atomic mass is 10.1. The van der Waals surface area contributed by atoms with Crippen molar-refractivity contribution >= 4 is 11.0 Å². The molecule has 0 fully saturated rings. The van der Waals surface area contributed by atoms with Gasteiger partial charge in [0, 0.05) is 6.61 Å². The third-order valence-corrected chi connectivity index (χ3v) is 3.71. The Morgan fingerprint density at radius 3 is 2.62 bits per heavy atom. The quantitative estimate of drug-likeness (QED) is 0.369. The number of nitrogens with one attached hydrogen (secondary N) is 1. The maximum atomic E-state index is 5.43. The van der Waals surface area contributed by atoms with Crippen LogP contribution in [0.4, 0.5) is 0 Å². The number of rotatable bonds is 9. The van der Waals surface area contributed by atoms with Crippen LogP contribution < -0.4 is 0 Å². The van der Waals surface area contributed by atoms with Crippen molar-refractivity contribution in [1.82, 2.24) is 9.97 Å². The van der Waals surface area contributed by atoms with E-state index in [0.29, 0.717) is 13.2 Å². The second-order valence-corrected chi connectivity index (χ2v) is 5.45. The van der Waals surface area contributed by atoms with E-state index in [1.807, 2.05) is 49.4 Å². The fourth-order valence-corrected chi connectivity index (χ4v) is 2.52. The summed E-state index contributed by atoms with van der Waals surface area (Å²) in [6.45, 7) is 4.13. The highest BCUT2D eigenvalue weighted by Gasteiger charge is 2.08. The number of nitrogens with zero attached hydrogens (tertiary/aromatic N) is 1. The first-order chi connectivity index (χ1) is 11.9. The van der Waals surface area contributed by atoms with Gasteiger partial charge < -0.3 is 9.72 Å². The minimum absolute atomic E-state index is 0.284. The van der Waals surface area contributed by atoms with Crippen LogP contribution in [0.15, 0.2) is 48.5 Å². The summed E-state index contributed by atoms with van der Waals surface area (Å²) in [5.74, 6) is 0.752. The summed E-state index contributed by atoms with van der Waals surface area (Å²) in [5, 5.41) is 0. The van der Waals surface area contributed by atoms with Gasteiger partial charge in [0.25, 0.3) is 0 Å². The van der Waals surface area contributed by atoms with Gasteiger partial charge in [-0.3, -0.25) is 0 Å². The maximum Gasteiger partial charge on any atom is 0.140 e. The van der Waals surface area contributed by atoms with Crippen LogP contribution in [0.2, 0.25) is 0 Å². The highest BCUT2D eigenvalue weighted by Crippen LogP contribution is 2.17. The van der Waals surface area contributed by atoms with Gasteiger partial charge in [0.15, 0.2) is 0 Å². The Labute approximate surface area is 141 Å². The van der Waals surface area contributed by atoms with Crippen LogP contribution in [0, 0.1) is 0 Å². The molecular formula is C19H22N2O3. The number of aromatic nitrogens is 2. The highest BCUT2D eigenvalue weighted by molar-refractivity contribution is 5.78. The second-order valence-electron chi connectivity index (χ2n) is 5.45. The Hall–Kier alpha value is -2.21. The fraction of sp³-hybridized carbons (Fsp3) is 0.316. The van der Waals surface area contributed by atoms with Crippen LogP contribution in [0.25, 0.3) is 11.0 Å². The van der Waals surface area contributed by atoms with Gasteiger partial charge in [-0.15, -0.1) is 0 Å². The summed E-state index contributed by atoms with van der Waals surface area (Å²) < 4.78 is 5.43. The molecule has 3 aromatic rings. The van der Waals surface area contributed by atoms with Gasteiger partial charge in [0.05, 0.1) is 17.6 Å². The molecule has 0 aliphatic carbocycles. The van der Waals surface area contributed by atoms with Gasteiger partial charge in [-0.2, -0.15) is 0 Å². The van der Waals surface area contributed by atoms with Crippen LogP contribution in [0.3, 0.4) is 0 Å². The fourth-order valence-electron chi connectivity index (χ4n) is 2.52. The number of H-pyrrole nitrogens is 1. The number of imidazole rings is 1. The Kier molecular flexibility index (Phi) is 5.96. The Balaban J connectivity index is 1.56. The van der Waals surface area contributed by atoms with Crippen molar-refractivity contribution in [1.29, 1.82) is 0 Å². The molecule has 0 radical (unpaired) electrons. The molecule has 5 heteroatoms. The van der Waals surface area contributed by atoms with Crippen molar-refractivity contribution in [3.8, 4) is 0 Å². The number of benzene rings is 2. The first kappa shape index (κ1) is 16.6. The summed E-state index contributed by atoms with van der Waals surface area (Å²) >= 11 is 0. The molecule has 1 N–H and O–H groups in total. The zero-order chi connectivity index (χ0) is 16.6. The van der Waals surface area contributed by atoms with Gasteiger partial charge >= 0.3 is 0 Å². The lowest BCUT2D eigenvalue weighted by molar-refractivity contribution is -0.314. The van der Waals surface area contributed by atoms with E-state index in [1.165, 1.54) is 5.56 Å². The molecule has 0 atom stereocenters. The minimum Gasteiger partial charge on any atom is -0.381 e. The van der Waals surface area contributed by atoms with E-state index in [9.17, 15) is 0 Å². The first-order valence-corrected chi connectivity index (χ1v) is 8.19. The van der Waals surface area contributed by atoms with Crippen LogP contribution >= 0.6 is 0 Å². The maximum absolute atomic E-state index is 5.43. The van der Waals surface area contributed by atoms with Crippen LogP contribution in [-0.2, 0) is 34.1 Å². The normalized spacial score (nSPS) is 11.2. The van der Waals surface area contributed by atoms with E-state index in [1.54, 1.807) is 0 Å². The second kappa shape index (κ2) is 8.59. The van der Waals surface area contributed by atoms with E-state index in [4.69, 9.17) is 14.5 Å². The lowest BCUT2D eigenvalue weighted by Crippen LogP contribution is -1.99. The molecule has 0 unspecified atom stereocenters. The Morgan fingerprint density at radius 1 is 0.958 bits per heavy atom. The summed E-state index contributed by atoms with van der Waals surface area (Å²) in [6, 6.07) is 16.0. The third kappa shape index (κ3) is 4.41. The van der Waals surface area contributed by atoms with E-state index >= 15 is 0 Å². The summed E-state index contributed by atoms with van der Waals surface area (Å²) in [7, 11) is 0. The number of para-hydroxylation sites is 1. The average molecular weight is 326 g/mol. The summed E-state index contributed by atoms with van der Waals surface area (Å²) in [5.41, 5.74) is 4.22. The Morgan fingerprint density at radius 2 is 1.79 bits per heavy atom. The third-order valence-electron chi connectivity index (χ3n) is 3.71. The zero-order valence-electron chi connectivity index (χ0n) is 13.8. The molecule has 24 heavy (non-hydrogen) atoms. The van der Waals surface area contributed by atoms with Crippen molar-refractivity contribution < 1.29 is 14.5 Å². The molecular weight excluding hydrogens is 304 g/mol. The molecule has 1 aromatic heterocycles. The lowest BCUT2D eigenvalue weighted by Gasteiger charge is -2.02. The zero-order valence-corrected chi connectivity index (χ0v) is 13.8. The topological polar surface area (TPSA) is 56.4 Å². The molecule has 0 spiro atoms. The van der Waals surface area contributed by atoms with E-state index in [2.05, 4.69) is 16.0 Å². The number of ether oxygens (including phenoxy) is 1. The smallest absolute Gasteiger partial charge is 0.140 e. The predicted molar refractivity (Wildman–Crippen MR) is 92.3 cm³/mol. The molecule has 0 aliphatic heterocycles. The van der Waals surface area contributed by atoms with E-state index in [0.717, 1.165) is 35.4 Å². The minimum atomic E-state index is 0.284. The average Bonchev–Trinajstić information content (AvgIpc) is 3.04. The molecule has 1 heterocycles. The van der Waals surface area contributed by atoms with Gasteiger partial charge in [-0.1, -0.05) is 42.5 Å². The highest BCUT2D eigenvalue weighted by atomic mass is 17.2. The largest absolute Gasteiger partial charge is 0.381 e. The molecule has 5 nitrogen and oxygen atoms in total. The molecule has 0 saturated carbocycles. The molecule has 0 saturated heterocycles. The van der Waals surface area contributed by atoms with Gasteiger partial charge in [0.1, 0.15) is 19.0 Å². The number of hydrogen-bond donors (Lipinski definition) is 1. The van der Waals surface area contributed by atoms with Crippen molar-refractivity contribution in [3.05, 3.63) is 65.5 Å². The number of aromatic amines is 1. The van der Waals surface area contributed by atoms with Crippen LogP contribution in [0.5, 0.6) is 0 Å². The van der Waals surface area contributed by atoms with Crippen molar-refractivity contribution in [3.63, 3.8) is 0 Å². The van der Waals surface area contributed by atoms with Gasteiger partial charge in [0.2, 0.25) is 0 Å². The molecule has 2 aromatic carbocycles. The van der Waals surface area contributed by atoms with Crippen molar-refractivity contribution in [2.24, 2.45) is 0 Å². The standard InChI is InChI=1S/C19H22N2O3/c1-2-22-12-11-16-9-6-10-17-19(16)21-18(20-17)14-24-23-13-15-7-4-3-5-8-15/h3-10H,2,11-14H2,1H3,(H,20,21). The summed E-state index contributed by atoms with van der Waals surface area (Å²) in [6.07, 6.45) is 0.848. The molecule has 3 rings (SSSR count). The van der Waals surface area contributed by atoms with Crippen molar-refractivity contribution in [2.45, 2.75) is 26.6 Å². The number of fused-ring (bicyclic) bond motifs is 1. The van der Waals surface area contributed by atoms with E-state index in [-0.39, 0.29) is 6.61 Å². The number of hydrogen-bond acceptors (Lipinski definition) is 4. The van der Waals surface area contributed by atoms with E-state index < -0.39 is 0 Å². The monoisotopic (exact) mass is 326 g/mol. The predicted octanol–water partition coefficient (Wildman–Crippen LogP) is 3.79. The molecule has 0 bridgehead atoms. The summed E-state index contributed by atoms with van der Waals surface area (Å²) in [4.78, 5) is 18.4.